The number of nitrogens with one attached hydrogen (secondary N) is 1. The lowest BCUT2D eigenvalue weighted by molar-refractivity contribution is -0.135. The molecule has 1 aromatic carbocycles. The second kappa shape index (κ2) is 4.49. The molecule has 0 radical (unpaired) electrons. The number of para-hydroxylation sites is 1. The van der Waals surface area contributed by atoms with Gasteiger partial charge in [0, 0.05) is 10.9 Å². The van der Waals surface area contributed by atoms with Crippen molar-refractivity contribution >= 4 is 28.2 Å². The molecular weight excluding hydrogens is 230 g/mol. The van der Waals surface area contributed by atoms with Crippen molar-refractivity contribution in [2.45, 2.75) is 6.92 Å². The first-order chi connectivity index (χ1) is 8.56. The molecule has 2 aromatic rings. The molecule has 1 heterocycles. The Morgan fingerprint density at radius 1 is 1.28 bits per heavy atom. The Balaban J connectivity index is 2.73. The van der Waals surface area contributed by atoms with E-state index in [0.717, 1.165) is 5.52 Å². The van der Waals surface area contributed by atoms with Gasteiger partial charge in [-0.2, -0.15) is 0 Å². The minimum Gasteiger partial charge on any atom is -0.463 e. The highest BCUT2D eigenvalue weighted by atomic mass is 16.5. The van der Waals surface area contributed by atoms with Gasteiger partial charge in [-0.05, 0) is 18.6 Å². The van der Waals surface area contributed by atoms with Crippen molar-refractivity contribution in [3.8, 4) is 0 Å². The maximum Gasteiger partial charge on any atom is 0.379 e. The Kier molecular flexibility index (Phi) is 3.02. The summed E-state index contributed by atoms with van der Waals surface area (Å²) in [5, 5.41) is 0.700. The molecule has 1 N–H and O–H groups in total. The van der Waals surface area contributed by atoms with Crippen LogP contribution in [0, 0.1) is 0 Å². The van der Waals surface area contributed by atoms with Crippen LogP contribution in [0.1, 0.15) is 23.0 Å². The predicted molar refractivity (Wildman–Crippen MR) is 69.4 cm³/mol. The minimum atomic E-state index is -0.873. The van der Waals surface area contributed by atoms with E-state index >= 15 is 0 Å². The molecule has 0 aliphatic heterocycles. The van der Waals surface area contributed by atoms with E-state index in [9.17, 15) is 9.59 Å². The average Bonchev–Trinajstić information content (AvgIpc) is 2.76. The molecule has 0 atom stereocenters. The standard InChI is InChI=1S/C14H13NO3/c1-8(2)12-11(13(16)14(17)18-3)9-6-4-5-7-10(9)15-12/h4-7,15H,1H2,2-3H3. The van der Waals surface area contributed by atoms with Crippen molar-refractivity contribution in [3.63, 3.8) is 0 Å². The number of hydrogen-bond donors (Lipinski definition) is 1. The van der Waals surface area contributed by atoms with E-state index in [1.165, 1.54) is 7.11 Å². The first-order valence-electron chi connectivity index (χ1n) is 5.45. The van der Waals surface area contributed by atoms with E-state index < -0.39 is 11.8 Å². The molecule has 18 heavy (non-hydrogen) atoms. The number of benzene rings is 1. The summed E-state index contributed by atoms with van der Waals surface area (Å²) < 4.78 is 4.49. The molecule has 0 unspecified atom stereocenters. The van der Waals surface area contributed by atoms with E-state index in [-0.39, 0.29) is 0 Å². The molecule has 0 aliphatic carbocycles. The molecule has 2 rings (SSSR count). The number of methoxy groups -OCH3 is 1. The molecule has 0 saturated heterocycles. The van der Waals surface area contributed by atoms with Gasteiger partial charge in [0.1, 0.15) is 0 Å². The van der Waals surface area contributed by atoms with Crippen molar-refractivity contribution in [2.24, 2.45) is 0 Å². The number of hydrogen-bond acceptors (Lipinski definition) is 3. The van der Waals surface area contributed by atoms with E-state index in [2.05, 4.69) is 16.3 Å². The normalized spacial score (nSPS) is 10.3. The summed E-state index contributed by atoms with van der Waals surface area (Å²) >= 11 is 0. The van der Waals surface area contributed by atoms with Crippen molar-refractivity contribution in [2.75, 3.05) is 7.11 Å². The highest BCUT2D eigenvalue weighted by molar-refractivity contribution is 6.43. The number of Topliss-reactive ketones (excluding diaryl/α,β-unsaturated/α-hetero) is 1. The quantitative estimate of drug-likeness (QED) is 0.512. The highest BCUT2D eigenvalue weighted by Crippen LogP contribution is 2.27. The van der Waals surface area contributed by atoms with Gasteiger partial charge >= 0.3 is 5.97 Å². The van der Waals surface area contributed by atoms with E-state index in [0.29, 0.717) is 22.2 Å². The van der Waals surface area contributed by atoms with Crippen LogP contribution in [0.3, 0.4) is 0 Å². The third-order valence-electron chi connectivity index (χ3n) is 2.73. The molecule has 92 valence electrons. The van der Waals surface area contributed by atoms with Crippen molar-refractivity contribution in [1.29, 1.82) is 0 Å². The number of esters is 1. The van der Waals surface area contributed by atoms with Crippen LogP contribution in [0.25, 0.3) is 16.5 Å². The fourth-order valence-corrected chi connectivity index (χ4v) is 1.89. The topological polar surface area (TPSA) is 59.2 Å². The number of rotatable bonds is 3. The molecule has 0 bridgehead atoms. The Morgan fingerprint density at radius 2 is 1.94 bits per heavy atom. The lowest BCUT2D eigenvalue weighted by Crippen LogP contribution is -2.16. The zero-order valence-corrected chi connectivity index (χ0v) is 10.2. The summed E-state index contributed by atoms with van der Waals surface area (Å²) in [5.41, 5.74) is 2.39. The molecule has 1 aromatic heterocycles. The van der Waals surface area contributed by atoms with Crippen LogP contribution in [0.2, 0.25) is 0 Å². The van der Waals surface area contributed by atoms with Crippen molar-refractivity contribution in [3.05, 3.63) is 42.1 Å². The molecule has 4 nitrogen and oxygen atoms in total. The number of aromatic amines is 1. The van der Waals surface area contributed by atoms with Crippen LogP contribution >= 0.6 is 0 Å². The summed E-state index contributed by atoms with van der Waals surface area (Å²) in [6.45, 7) is 5.59. The summed E-state index contributed by atoms with van der Waals surface area (Å²) in [7, 11) is 1.19. The maximum atomic E-state index is 12.0. The maximum absolute atomic E-state index is 12.0. The van der Waals surface area contributed by atoms with Gasteiger partial charge < -0.3 is 9.72 Å². The molecular formula is C14H13NO3. The molecule has 4 heteroatoms. The second-order valence-corrected chi connectivity index (χ2v) is 4.02. The first-order valence-corrected chi connectivity index (χ1v) is 5.45. The van der Waals surface area contributed by atoms with Gasteiger partial charge in [-0.1, -0.05) is 24.8 Å². The molecule has 0 fully saturated rings. The fraction of sp³-hybridized carbons (Fsp3) is 0.143. The molecule has 0 saturated carbocycles. The largest absolute Gasteiger partial charge is 0.463 e. The third-order valence-corrected chi connectivity index (χ3v) is 2.73. The first kappa shape index (κ1) is 12.1. The van der Waals surface area contributed by atoms with Gasteiger partial charge in [0.25, 0.3) is 5.78 Å². The van der Waals surface area contributed by atoms with E-state index in [1.807, 2.05) is 18.2 Å². The smallest absolute Gasteiger partial charge is 0.379 e. The number of ketones is 1. The van der Waals surface area contributed by atoms with Crippen LogP contribution < -0.4 is 0 Å². The summed E-state index contributed by atoms with van der Waals surface area (Å²) in [6, 6.07) is 7.30. The van der Waals surface area contributed by atoms with Gasteiger partial charge in [0.05, 0.1) is 18.4 Å². The van der Waals surface area contributed by atoms with Crippen LogP contribution in [0.15, 0.2) is 30.8 Å². The number of carbonyl (C=O) groups is 2. The Morgan fingerprint density at radius 3 is 2.56 bits per heavy atom. The van der Waals surface area contributed by atoms with Crippen LogP contribution in [-0.4, -0.2) is 23.8 Å². The van der Waals surface area contributed by atoms with Crippen LogP contribution in [0.4, 0.5) is 0 Å². The summed E-state index contributed by atoms with van der Waals surface area (Å²) in [4.78, 5) is 26.5. The van der Waals surface area contributed by atoms with Crippen LogP contribution in [0.5, 0.6) is 0 Å². The number of H-pyrrole nitrogens is 1. The minimum absolute atomic E-state index is 0.324. The second-order valence-electron chi connectivity index (χ2n) is 4.02. The number of carbonyl (C=O) groups excluding carboxylic acids is 2. The summed E-state index contributed by atoms with van der Waals surface area (Å²) in [5.74, 6) is -1.53. The zero-order valence-electron chi connectivity index (χ0n) is 10.2. The monoisotopic (exact) mass is 243 g/mol. The fourth-order valence-electron chi connectivity index (χ4n) is 1.89. The van der Waals surface area contributed by atoms with Gasteiger partial charge in [-0.15, -0.1) is 0 Å². The Bertz CT molecular complexity index is 652. The van der Waals surface area contributed by atoms with Crippen molar-refractivity contribution in [1.82, 2.24) is 4.98 Å². The molecule has 0 aliphatic rings. The van der Waals surface area contributed by atoms with Gasteiger partial charge in [-0.25, -0.2) is 4.79 Å². The number of fused-ring (bicyclic) bond motifs is 1. The highest BCUT2D eigenvalue weighted by Gasteiger charge is 2.24. The molecule has 0 spiro atoms. The van der Waals surface area contributed by atoms with Gasteiger partial charge in [0.2, 0.25) is 0 Å². The lowest BCUT2D eigenvalue weighted by Gasteiger charge is -2.01. The van der Waals surface area contributed by atoms with E-state index in [1.54, 1.807) is 13.0 Å². The van der Waals surface area contributed by atoms with E-state index in [4.69, 9.17) is 0 Å². The lowest BCUT2D eigenvalue weighted by atomic mass is 10.0. The Hall–Kier alpha value is -2.36. The predicted octanol–water partition coefficient (Wildman–Crippen LogP) is 2.56. The average molecular weight is 243 g/mol. The number of ether oxygens (including phenoxy) is 1. The zero-order chi connectivity index (χ0) is 13.3. The Labute approximate surface area is 104 Å². The third kappa shape index (κ3) is 1.82. The van der Waals surface area contributed by atoms with Crippen LogP contribution in [-0.2, 0) is 9.53 Å². The number of allylic oxidation sites excluding steroid dienone is 1. The van der Waals surface area contributed by atoms with Gasteiger partial charge in [-0.3, -0.25) is 4.79 Å². The van der Waals surface area contributed by atoms with Crippen molar-refractivity contribution < 1.29 is 14.3 Å². The van der Waals surface area contributed by atoms with Gasteiger partial charge in [0.15, 0.2) is 0 Å². The SMILES string of the molecule is C=C(C)c1[nH]c2ccccc2c1C(=O)C(=O)OC. The summed E-state index contributed by atoms with van der Waals surface area (Å²) in [6.07, 6.45) is 0. The number of aromatic nitrogens is 1. The molecule has 0 amide bonds.